The summed E-state index contributed by atoms with van der Waals surface area (Å²) >= 11 is 17.7. The van der Waals surface area contributed by atoms with Crippen LogP contribution in [-0.2, 0) is 0 Å². The fraction of sp³-hybridized carbons (Fsp3) is 0. The second kappa shape index (κ2) is 6.35. The summed E-state index contributed by atoms with van der Waals surface area (Å²) in [5, 5.41) is 11.9. The van der Waals surface area contributed by atoms with E-state index in [1.807, 2.05) is 0 Å². The Morgan fingerprint density at radius 2 is 1.52 bits per heavy atom. The van der Waals surface area contributed by atoms with Crippen LogP contribution >= 0.6 is 34.8 Å². The maximum Gasteiger partial charge on any atom is 0.339 e. The van der Waals surface area contributed by atoms with Crippen molar-refractivity contribution in [3.8, 4) is 0 Å². The number of rotatable bonds is 3. The van der Waals surface area contributed by atoms with Gasteiger partial charge in [-0.2, -0.15) is 0 Å². The number of carbonyl (C=O) groups excluding carboxylic acids is 1. The Labute approximate surface area is 135 Å². The van der Waals surface area contributed by atoms with Crippen LogP contribution in [0.15, 0.2) is 36.4 Å². The number of nitrogens with one attached hydrogen (secondary N) is 1. The second-order valence-electron chi connectivity index (χ2n) is 4.02. The van der Waals surface area contributed by atoms with Gasteiger partial charge in [-0.05, 0) is 24.3 Å². The highest BCUT2D eigenvalue weighted by Crippen LogP contribution is 2.32. The van der Waals surface area contributed by atoms with E-state index < -0.39 is 11.9 Å². The first-order valence-electron chi connectivity index (χ1n) is 5.69. The summed E-state index contributed by atoms with van der Waals surface area (Å²) in [4.78, 5) is 23.4. The smallest absolute Gasteiger partial charge is 0.339 e. The van der Waals surface area contributed by atoms with Crippen molar-refractivity contribution in [2.75, 3.05) is 5.32 Å². The van der Waals surface area contributed by atoms with Crippen molar-refractivity contribution in [2.24, 2.45) is 0 Å². The molecule has 1 amide bonds. The van der Waals surface area contributed by atoms with E-state index in [9.17, 15) is 14.7 Å². The van der Waals surface area contributed by atoms with Gasteiger partial charge in [0.15, 0.2) is 0 Å². The average molecular weight is 345 g/mol. The Morgan fingerprint density at radius 1 is 0.905 bits per heavy atom. The van der Waals surface area contributed by atoms with Crippen LogP contribution in [-0.4, -0.2) is 17.0 Å². The molecule has 21 heavy (non-hydrogen) atoms. The van der Waals surface area contributed by atoms with E-state index in [0.29, 0.717) is 0 Å². The molecule has 0 saturated heterocycles. The molecule has 7 heteroatoms. The fourth-order valence-corrected chi connectivity index (χ4v) is 2.37. The topological polar surface area (TPSA) is 66.4 Å². The van der Waals surface area contributed by atoms with E-state index in [1.54, 1.807) is 18.2 Å². The summed E-state index contributed by atoms with van der Waals surface area (Å²) in [6.45, 7) is 0. The predicted molar refractivity (Wildman–Crippen MR) is 82.8 cm³/mol. The van der Waals surface area contributed by atoms with Crippen LogP contribution in [0.5, 0.6) is 0 Å². The number of halogens is 3. The molecule has 0 heterocycles. The van der Waals surface area contributed by atoms with E-state index in [0.717, 1.165) is 0 Å². The summed E-state index contributed by atoms with van der Waals surface area (Å²) in [5.74, 6) is -1.87. The van der Waals surface area contributed by atoms with Gasteiger partial charge in [0.05, 0.1) is 26.3 Å². The SMILES string of the molecule is O=C(Nc1c(Cl)ccc(Cl)c1C(=O)O)c1ccccc1Cl. The molecule has 0 spiro atoms. The predicted octanol–water partition coefficient (Wildman–Crippen LogP) is 4.60. The normalized spacial score (nSPS) is 10.2. The maximum atomic E-state index is 12.2. The van der Waals surface area contributed by atoms with Crippen molar-refractivity contribution < 1.29 is 14.7 Å². The van der Waals surface area contributed by atoms with Gasteiger partial charge in [0.1, 0.15) is 5.56 Å². The first-order valence-corrected chi connectivity index (χ1v) is 6.82. The standard InChI is InChI=1S/C14H8Cl3NO3/c15-8-4-2-1-3-7(8)13(19)18-12-10(17)6-5-9(16)11(12)14(20)21/h1-6H,(H,18,19)(H,20,21). The van der Waals surface area contributed by atoms with Crippen LogP contribution in [0.2, 0.25) is 15.1 Å². The van der Waals surface area contributed by atoms with Crippen LogP contribution in [0.3, 0.4) is 0 Å². The van der Waals surface area contributed by atoms with Gasteiger partial charge in [-0.15, -0.1) is 0 Å². The fourth-order valence-electron chi connectivity index (χ4n) is 1.71. The molecule has 2 aromatic rings. The molecule has 2 N–H and O–H groups in total. The highest BCUT2D eigenvalue weighted by atomic mass is 35.5. The molecule has 0 aliphatic carbocycles. The Hall–Kier alpha value is -1.75. The van der Waals surface area contributed by atoms with Gasteiger partial charge in [-0.1, -0.05) is 46.9 Å². The second-order valence-corrected chi connectivity index (χ2v) is 5.24. The maximum absolute atomic E-state index is 12.2. The van der Waals surface area contributed by atoms with Crippen molar-refractivity contribution in [3.63, 3.8) is 0 Å². The Kier molecular flexibility index (Phi) is 4.73. The Balaban J connectivity index is 2.45. The van der Waals surface area contributed by atoms with Crippen LogP contribution in [0.1, 0.15) is 20.7 Å². The number of anilines is 1. The first-order chi connectivity index (χ1) is 9.91. The molecule has 0 bridgehead atoms. The summed E-state index contributed by atoms with van der Waals surface area (Å²) in [5.41, 5.74) is -0.141. The average Bonchev–Trinajstić information content (AvgIpc) is 2.43. The number of carbonyl (C=O) groups is 2. The van der Waals surface area contributed by atoms with E-state index in [4.69, 9.17) is 34.8 Å². The molecule has 0 saturated carbocycles. The molecule has 0 unspecified atom stereocenters. The Morgan fingerprint density at radius 3 is 2.14 bits per heavy atom. The minimum Gasteiger partial charge on any atom is -0.478 e. The minimum atomic E-state index is -1.29. The first kappa shape index (κ1) is 15.6. The highest BCUT2D eigenvalue weighted by molar-refractivity contribution is 6.39. The van der Waals surface area contributed by atoms with Crippen LogP contribution in [0, 0.1) is 0 Å². The third-order valence-corrected chi connectivity index (χ3v) is 3.63. The number of hydrogen-bond acceptors (Lipinski definition) is 2. The third kappa shape index (κ3) is 3.29. The van der Waals surface area contributed by atoms with Crippen molar-refractivity contribution in [1.82, 2.24) is 0 Å². The summed E-state index contributed by atoms with van der Waals surface area (Å²) in [6, 6.07) is 9.12. The van der Waals surface area contributed by atoms with Crippen molar-refractivity contribution >= 4 is 52.4 Å². The number of hydrogen-bond donors (Lipinski definition) is 2. The number of carboxylic acids is 1. The summed E-state index contributed by atoms with van der Waals surface area (Å²) in [7, 11) is 0. The quantitative estimate of drug-likeness (QED) is 0.855. The van der Waals surface area contributed by atoms with Crippen LogP contribution in [0.25, 0.3) is 0 Å². The van der Waals surface area contributed by atoms with E-state index >= 15 is 0 Å². The third-order valence-electron chi connectivity index (χ3n) is 2.67. The van der Waals surface area contributed by atoms with Crippen molar-refractivity contribution in [1.29, 1.82) is 0 Å². The monoisotopic (exact) mass is 343 g/mol. The zero-order chi connectivity index (χ0) is 15.6. The van der Waals surface area contributed by atoms with Gasteiger partial charge >= 0.3 is 5.97 Å². The molecule has 0 radical (unpaired) electrons. The molecule has 0 fully saturated rings. The molecule has 2 rings (SSSR count). The molecular formula is C14H8Cl3NO3. The van der Waals surface area contributed by atoms with Crippen molar-refractivity contribution in [3.05, 3.63) is 62.6 Å². The largest absolute Gasteiger partial charge is 0.478 e. The number of amides is 1. The molecule has 108 valence electrons. The molecule has 0 aliphatic heterocycles. The molecular weight excluding hydrogens is 337 g/mol. The van der Waals surface area contributed by atoms with Gasteiger partial charge in [0.2, 0.25) is 0 Å². The molecule has 0 aromatic heterocycles. The number of benzene rings is 2. The van der Waals surface area contributed by atoms with Crippen LogP contribution < -0.4 is 5.32 Å². The zero-order valence-corrected chi connectivity index (χ0v) is 12.6. The van der Waals surface area contributed by atoms with Crippen molar-refractivity contribution in [2.45, 2.75) is 0 Å². The lowest BCUT2D eigenvalue weighted by atomic mass is 10.1. The molecule has 4 nitrogen and oxygen atoms in total. The summed E-state index contributed by atoms with van der Waals surface area (Å²) in [6.07, 6.45) is 0. The van der Waals surface area contributed by atoms with E-state index in [1.165, 1.54) is 18.2 Å². The van der Waals surface area contributed by atoms with Gasteiger partial charge in [-0.3, -0.25) is 4.79 Å². The van der Waals surface area contributed by atoms with E-state index in [-0.39, 0.29) is 31.9 Å². The van der Waals surface area contributed by atoms with E-state index in [2.05, 4.69) is 5.32 Å². The molecule has 0 atom stereocenters. The zero-order valence-electron chi connectivity index (χ0n) is 10.4. The summed E-state index contributed by atoms with van der Waals surface area (Å²) < 4.78 is 0. The minimum absolute atomic E-state index is 0.0265. The highest BCUT2D eigenvalue weighted by Gasteiger charge is 2.20. The lowest BCUT2D eigenvalue weighted by Gasteiger charge is -2.12. The van der Waals surface area contributed by atoms with Gasteiger partial charge in [-0.25, -0.2) is 4.79 Å². The lowest BCUT2D eigenvalue weighted by Crippen LogP contribution is -2.16. The number of aromatic carboxylic acids is 1. The lowest BCUT2D eigenvalue weighted by molar-refractivity contribution is 0.0698. The Bertz CT molecular complexity index is 731. The van der Waals surface area contributed by atoms with Gasteiger partial charge in [0.25, 0.3) is 5.91 Å². The molecule has 2 aromatic carbocycles. The van der Waals surface area contributed by atoms with Crippen LogP contribution in [0.4, 0.5) is 5.69 Å². The molecule has 0 aliphatic rings. The van der Waals surface area contributed by atoms with Gasteiger partial charge in [0, 0.05) is 0 Å². The van der Waals surface area contributed by atoms with Gasteiger partial charge < -0.3 is 10.4 Å². The number of carboxylic acid groups (broad SMARTS) is 1.